The molecule has 15 heavy (non-hydrogen) atoms. The van der Waals surface area contributed by atoms with Gasteiger partial charge in [0.15, 0.2) is 0 Å². The van der Waals surface area contributed by atoms with E-state index in [9.17, 15) is 4.79 Å². The summed E-state index contributed by atoms with van der Waals surface area (Å²) in [5.41, 5.74) is 1.45. The predicted molar refractivity (Wildman–Crippen MR) is 53.0 cm³/mol. The quantitative estimate of drug-likeness (QED) is 0.729. The van der Waals surface area contributed by atoms with Gasteiger partial charge in [-0.25, -0.2) is 4.79 Å². The lowest BCUT2D eigenvalue weighted by Crippen LogP contribution is -2.17. The molecule has 0 spiro atoms. The van der Waals surface area contributed by atoms with Crippen LogP contribution < -0.4 is 4.74 Å². The Kier molecular flexibility index (Phi) is 2.60. The lowest BCUT2D eigenvalue weighted by Gasteiger charge is -2.05. The van der Waals surface area contributed by atoms with Crippen LogP contribution in [-0.2, 0) is 11.2 Å². The first-order valence-electron chi connectivity index (χ1n) is 4.73. The van der Waals surface area contributed by atoms with Crippen LogP contribution in [0.1, 0.15) is 15.9 Å². The third-order valence-corrected chi connectivity index (χ3v) is 2.43. The van der Waals surface area contributed by atoms with Crippen molar-refractivity contribution in [3.05, 3.63) is 29.3 Å². The zero-order valence-corrected chi connectivity index (χ0v) is 8.40. The van der Waals surface area contributed by atoms with Gasteiger partial charge in [-0.3, -0.25) is 0 Å². The minimum atomic E-state index is -0.356. The van der Waals surface area contributed by atoms with Gasteiger partial charge in [0.2, 0.25) is 0 Å². The SMILES string of the molecule is COC(=O)c1ccc2c(c1)CC(CO)O2. The van der Waals surface area contributed by atoms with E-state index in [1.807, 2.05) is 0 Å². The predicted octanol–water partition coefficient (Wildman–Crippen LogP) is 0.769. The van der Waals surface area contributed by atoms with Crippen LogP contribution in [0.3, 0.4) is 0 Å². The van der Waals surface area contributed by atoms with Crippen LogP contribution in [0.5, 0.6) is 5.75 Å². The Morgan fingerprint density at radius 3 is 3.13 bits per heavy atom. The number of hydrogen-bond donors (Lipinski definition) is 1. The third-order valence-electron chi connectivity index (χ3n) is 2.43. The van der Waals surface area contributed by atoms with Crippen LogP contribution in [0.2, 0.25) is 0 Å². The average molecular weight is 208 g/mol. The number of benzene rings is 1. The molecule has 0 saturated heterocycles. The van der Waals surface area contributed by atoms with Crippen LogP contribution in [-0.4, -0.2) is 30.9 Å². The Balaban J connectivity index is 2.26. The maximum Gasteiger partial charge on any atom is 0.337 e. The molecule has 1 aromatic rings. The monoisotopic (exact) mass is 208 g/mol. The highest BCUT2D eigenvalue weighted by molar-refractivity contribution is 5.89. The number of rotatable bonds is 2. The molecule has 1 atom stereocenters. The summed E-state index contributed by atoms with van der Waals surface area (Å²) in [6, 6.07) is 5.14. The minimum absolute atomic E-state index is 0.0117. The number of fused-ring (bicyclic) bond motifs is 1. The summed E-state index contributed by atoms with van der Waals surface area (Å²) in [5.74, 6) is 0.381. The summed E-state index contributed by atoms with van der Waals surface area (Å²) in [4.78, 5) is 11.3. The maximum absolute atomic E-state index is 11.3. The van der Waals surface area contributed by atoms with Crippen molar-refractivity contribution in [3.63, 3.8) is 0 Å². The molecule has 4 nitrogen and oxygen atoms in total. The van der Waals surface area contributed by atoms with E-state index in [0.717, 1.165) is 11.3 Å². The molecular formula is C11H12O4. The zero-order valence-electron chi connectivity index (χ0n) is 8.40. The molecule has 0 aliphatic carbocycles. The highest BCUT2D eigenvalue weighted by atomic mass is 16.5. The summed E-state index contributed by atoms with van der Waals surface area (Å²) in [6.45, 7) is -0.0117. The van der Waals surface area contributed by atoms with Crippen LogP contribution in [0.4, 0.5) is 0 Å². The van der Waals surface area contributed by atoms with Gasteiger partial charge in [-0.1, -0.05) is 0 Å². The van der Waals surface area contributed by atoms with Gasteiger partial charge in [0.1, 0.15) is 11.9 Å². The average Bonchev–Trinajstić information content (AvgIpc) is 2.69. The van der Waals surface area contributed by atoms with E-state index in [4.69, 9.17) is 9.84 Å². The highest BCUT2D eigenvalue weighted by Crippen LogP contribution is 2.29. The molecule has 0 bridgehead atoms. The van der Waals surface area contributed by atoms with Crippen LogP contribution in [0, 0.1) is 0 Å². The molecular weight excluding hydrogens is 196 g/mol. The van der Waals surface area contributed by atoms with Gasteiger partial charge in [-0.15, -0.1) is 0 Å². The van der Waals surface area contributed by atoms with Crippen LogP contribution in [0.25, 0.3) is 0 Å². The number of methoxy groups -OCH3 is 1. The molecule has 80 valence electrons. The van der Waals surface area contributed by atoms with E-state index >= 15 is 0 Å². The zero-order chi connectivity index (χ0) is 10.8. The molecule has 0 saturated carbocycles. The van der Waals surface area contributed by atoms with E-state index in [1.165, 1.54) is 7.11 Å². The van der Waals surface area contributed by atoms with Gasteiger partial charge >= 0.3 is 5.97 Å². The number of esters is 1. The summed E-state index contributed by atoms with van der Waals surface area (Å²) in [6.07, 6.45) is 0.448. The van der Waals surface area contributed by atoms with Crippen molar-refractivity contribution in [2.24, 2.45) is 0 Å². The molecule has 4 heteroatoms. The molecule has 1 aliphatic heterocycles. The standard InChI is InChI=1S/C11H12O4/c1-14-11(13)7-2-3-10-8(4-7)5-9(6-12)15-10/h2-4,9,12H,5-6H2,1H3. The Morgan fingerprint density at radius 1 is 1.67 bits per heavy atom. The lowest BCUT2D eigenvalue weighted by molar-refractivity contribution is 0.0600. The Morgan fingerprint density at radius 2 is 2.47 bits per heavy atom. The molecule has 1 N–H and O–H groups in total. The Labute approximate surface area is 87.4 Å². The van der Waals surface area contributed by atoms with Crippen molar-refractivity contribution in [1.82, 2.24) is 0 Å². The minimum Gasteiger partial charge on any atom is -0.487 e. The highest BCUT2D eigenvalue weighted by Gasteiger charge is 2.23. The van der Waals surface area contributed by atoms with E-state index in [-0.39, 0.29) is 18.7 Å². The molecule has 0 amide bonds. The van der Waals surface area contributed by atoms with Gasteiger partial charge in [0.05, 0.1) is 19.3 Å². The second-order valence-corrected chi connectivity index (χ2v) is 3.44. The Hall–Kier alpha value is -1.55. The van der Waals surface area contributed by atoms with Crippen molar-refractivity contribution in [1.29, 1.82) is 0 Å². The number of carbonyl (C=O) groups is 1. The summed E-state index contributed by atoms with van der Waals surface area (Å²) in [7, 11) is 1.35. The number of aliphatic hydroxyl groups is 1. The van der Waals surface area contributed by atoms with Gasteiger partial charge in [-0.2, -0.15) is 0 Å². The summed E-state index contributed by atoms with van der Waals surface area (Å²) in [5, 5.41) is 8.95. The fourth-order valence-electron chi connectivity index (χ4n) is 1.67. The number of carbonyl (C=O) groups excluding carboxylic acids is 1. The Bertz CT molecular complexity index is 386. The van der Waals surface area contributed by atoms with Crippen molar-refractivity contribution in [3.8, 4) is 5.75 Å². The largest absolute Gasteiger partial charge is 0.487 e. The van der Waals surface area contributed by atoms with Crippen LogP contribution in [0.15, 0.2) is 18.2 Å². The van der Waals surface area contributed by atoms with Gasteiger partial charge < -0.3 is 14.6 Å². The molecule has 0 aromatic heterocycles. The first-order valence-corrected chi connectivity index (χ1v) is 4.73. The fourth-order valence-corrected chi connectivity index (χ4v) is 1.67. The van der Waals surface area contributed by atoms with E-state index in [2.05, 4.69) is 4.74 Å². The van der Waals surface area contributed by atoms with Crippen molar-refractivity contribution in [2.45, 2.75) is 12.5 Å². The second-order valence-electron chi connectivity index (χ2n) is 3.44. The van der Waals surface area contributed by atoms with E-state index < -0.39 is 0 Å². The third kappa shape index (κ3) is 1.80. The van der Waals surface area contributed by atoms with Gasteiger partial charge in [-0.05, 0) is 23.8 Å². The fraction of sp³-hybridized carbons (Fsp3) is 0.364. The van der Waals surface area contributed by atoms with Gasteiger partial charge in [0, 0.05) is 6.42 Å². The first kappa shape index (κ1) is 9.98. The normalized spacial score (nSPS) is 18.1. The number of hydrogen-bond acceptors (Lipinski definition) is 4. The van der Waals surface area contributed by atoms with Crippen LogP contribution >= 0.6 is 0 Å². The van der Waals surface area contributed by atoms with E-state index in [0.29, 0.717) is 12.0 Å². The molecule has 1 aromatic carbocycles. The van der Waals surface area contributed by atoms with Crippen molar-refractivity contribution >= 4 is 5.97 Å². The molecule has 0 fully saturated rings. The smallest absolute Gasteiger partial charge is 0.337 e. The molecule has 0 radical (unpaired) electrons. The van der Waals surface area contributed by atoms with E-state index in [1.54, 1.807) is 18.2 Å². The first-order chi connectivity index (χ1) is 7.24. The summed E-state index contributed by atoms with van der Waals surface area (Å²) < 4.78 is 10.0. The lowest BCUT2D eigenvalue weighted by atomic mass is 10.1. The second kappa shape index (κ2) is 3.90. The van der Waals surface area contributed by atoms with Crippen molar-refractivity contribution in [2.75, 3.05) is 13.7 Å². The number of aliphatic hydroxyl groups excluding tert-OH is 1. The maximum atomic E-state index is 11.3. The molecule has 2 rings (SSSR count). The van der Waals surface area contributed by atoms with Crippen molar-refractivity contribution < 1.29 is 19.4 Å². The molecule has 1 unspecified atom stereocenters. The topological polar surface area (TPSA) is 55.8 Å². The number of ether oxygens (including phenoxy) is 2. The van der Waals surface area contributed by atoms with Gasteiger partial charge in [0.25, 0.3) is 0 Å². The molecule has 1 aliphatic rings. The summed E-state index contributed by atoms with van der Waals surface area (Å²) >= 11 is 0. The molecule has 1 heterocycles.